The van der Waals surface area contributed by atoms with Crippen LogP contribution in [0.25, 0.3) is 0 Å². The van der Waals surface area contributed by atoms with Gasteiger partial charge in [0.15, 0.2) is 5.79 Å². The van der Waals surface area contributed by atoms with Crippen LogP contribution in [0.2, 0.25) is 0 Å². The Kier molecular flexibility index (Phi) is 8.96. The molecular weight excluding hydrogens is 200 g/mol. The highest BCUT2D eigenvalue weighted by Gasteiger charge is 2.29. The van der Waals surface area contributed by atoms with Gasteiger partial charge >= 0.3 is 0 Å². The Balaban J connectivity index is 3.60. The minimum absolute atomic E-state index is 0.413. The zero-order chi connectivity index (χ0) is 12.4. The number of methoxy groups -OCH3 is 2. The van der Waals surface area contributed by atoms with Crippen molar-refractivity contribution >= 4 is 0 Å². The minimum Gasteiger partial charge on any atom is -0.353 e. The van der Waals surface area contributed by atoms with Gasteiger partial charge in [-0.15, -0.1) is 0 Å². The first-order valence-corrected chi connectivity index (χ1v) is 6.71. The number of rotatable bonds is 10. The first-order chi connectivity index (χ1) is 7.60. The van der Waals surface area contributed by atoms with Crippen LogP contribution >= 0.6 is 0 Å². The number of hydrogen-bond acceptors (Lipinski definition) is 2. The third-order valence-electron chi connectivity index (χ3n) is 3.70. The fraction of sp³-hybridized carbons (Fsp3) is 1.00. The number of ether oxygens (including phenoxy) is 2. The molecule has 0 aliphatic heterocycles. The summed E-state index contributed by atoms with van der Waals surface area (Å²) in [5, 5.41) is 0. The molecule has 0 fully saturated rings. The Labute approximate surface area is 102 Å². The molecule has 0 amide bonds. The molecule has 0 saturated carbocycles. The summed E-state index contributed by atoms with van der Waals surface area (Å²) in [7, 11) is 3.45. The van der Waals surface area contributed by atoms with E-state index in [0.717, 1.165) is 0 Å². The van der Waals surface area contributed by atoms with E-state index in [9.17, 15) is 0 Å². The van der Waals surface area contributed by atoms with E-state index in [1.54, 1.807) is 14.2 Å². The molecule has 2 nitrogen and oxygen atoms in total. The number of hydrogen-bond donors (Lipinski definition) is 0. The van der Waals surface area contributed by atoms with Crippen LogP contribution in [-0.2, 0) is 9.47 Å². The van der Waals surface area contributed by atoms with E-state index in [1.807, 2.05) is 6.92 Å². The molecule has 0 aromatic heterocycles. The minimum atomic E-state index is -0.413. The predicted molar refractivity (Wildman–Crippen MR) is 69.6 cm³/mol. The van der Waals surface area contributed by atoms with Crippen molar-refractivity contribution in [2.45, 2.75) is 71.5 Å². The molecule has 2 heteroatoms. The van der Waals surface area contributed by atoms with Gasteiger partial charge in [-0.1, -0.05) is 52.4 Å². The van der Waals surface area contributed by atoms with Crippen molar-refractivity contribution in [1.29, 1.82) is 0 Å². The van der Waals surface area contributed by atoms with Crippen LogP contribution in [0.4, 0.5) is 0 Å². The highest BCUT2D eigenvalue weighted by atomic mass is 16.7. The largest absolute Gasteiger partial charge is 0.353 e. The average Bonchev–Trinajstić information content (AvgIpc) is 2.32. The molecule has 0 spiro atoms. The summed E-state index contributed by atoms with van der Waals surface area (Å²) in [6, 6.07) is 0. The lowest BCUT2D eigenvalue weighted by molar-refractivity contribution is -0.224. The van der Waals surface area contributed by atoms with Gasteiger partial charge in [0.05, 0.1) is 0 Å². The van der Waals surface area contributed by atoms with Crippen molar-refractivity contribution in [3.05, 3.63) is 0 Å². The highest BCUT2D eigenvalue weighted by molar-refractivity contribution is 4.70. The SMILES string of the molecule is CCCCCCCCC(C)C(C)(OC)OC. The van der Waals surface area contributed by atoms with Crippen LogP contribution in [0.5, 0.6) is 0 Å². The molecule has 0 N–H and O–H groups in total. The van der Waals surface area contributed by atoms with Crippen molar-refractivity contribution in [1.82, 2.24) is 0 Å². The van der Waals surface area contributed by atoms with Crippen molar-refractivity contribution in [3.8, 4) is 0 Å². The molecule has 1 atom stereocenters. The summed E-state index contributed by atoms with van der Waals surface area (Å²) in [5.74, 6) is 0.0392. The van der Waals surface area contributed by atoms with Crippen molar-refractivity contribution < 1.29 is 9.47 Å². The predicted octanol–water partition coefficient (Wildman–Crippen LogP) is 4.38. The van der Waals surface area contributed by atoms with Gasteiger partial charge < -0.3 is 9.47 Å². The van der Waals surface area contributed by atoms with Gasteiger partial charge in [-0.2, -0.15) is 0 Å². The Hall–Kier alpha value is -0.0800. The van der Waals surface area contributed by atoms with Gasteiger partial charge in [-0.25, -0.2) is 0 Å². The molecule has 1 unspecified atom stereocenters. The first kappa shape index (κ1) is 15.9. The Morgan fingerprint density at radius 3 is 1.94 bits per heavy atom. The second-order valence-corrected chi connectivity index (χ2v) is 4.88. The van der Waals surface area contributed by atoms with Crippen LogP contribution < -0.4 is 0 Å². The fourth-order valence-electron chi connectivity index (χ4n) is 1.98. The fourth-order valence-corrected chi connectivity index (χ4v) is 1.98. The maximum absolute atomic E-state index is 5.42. The molecule has 98 valence electrons. The van der Waals surface area contributed by atoms with E-state index in [4.69, 9.17) is 9.47 Å². The molecule has 0 rings (SSSR count). The Morgan fingerprint density at radius 2 is 1.44 bits per heavy atom. The van der Waals surface area contributed by atoms with Gasteiger partial charge in [0.2, 0.25) is 0 Å². The van der Waals surface area contributed by atoms with Gasteiger partial charge in [0.25, 0.3) is 0 Å². The van der Waals surface area contributed by atoms with E-state index in [2.05, 4.69) is 13.8 Å². The Bertz CT molecular complexity index is 153. The van der Waals surface area contributed by atoms with Crippen LogP contribution in [0, 0.1) is 5.92 Å². The zero-order valence-corrected chi connectivity index (χ0v) is 11.8. The molecule has 0 aliphatic carbocycles. The van der Waals surface area contributed by atoms with Gasteiger partial charge in [0, 0.05) is 20.1 Å². The monoisotopic (exact) mass is 230 g/mol. The summed E-state index contributed by atoms with van der Waals surface area (Å²) < 4.78 is 10.8. The molecule has 0 saturated heterocycles. The maximum Gasteiger partial charge on any atom is 0.167 e. The zero-order valence-electron chi connectivity index (χ0n) is 11.8. The van der Waals surface area contributed by atoms with Crippen molar-refractivity contribution in [2.24, 2.45) is 5.92 Å². The van der Waals surface area contributed by atoms with Gasteiger partial charge in [-0.05, 0) is 13.3 Å². The lowest BCUT2D eigenvalue weighted by Gasteiger charge is -2.32. The van der Waals surface area contributed by atoms with Crippen LogP contribution in [-0.4, -0.2) is 20.0 Å². The summed E-state index contributed by atoms with van der Waals surface area (Å²) in [5.41, 5.74) is 0. The standard InChI is InChI=1S/C14H30O2/c1-6-7-8-9-10-11-12-13(2)14(3,15-4)16-5/h13H,6-12H2,1-5H3. The van der Waals surface area contributed by atoms with Crippen LogP contribution in [0.1, 0.15) is 65.7 Å². The summed E-state index contributed by atoms with van der Waals surface area (Å²) in [6.45, 7) is 6.48. The van der Waals surface area contributed by atoms with E-state index >= 15 is 0 Å². The van der Waals surface area contributed by atoms with Gasteiger partial charge in [0.1, 0.15) is 0 Å². The van der Waals surface area contributed by atoms with Crippen LogP contribution in [0.15, 0.2) is 0 Å². The smallest absolute Gasteiger partial charge is 0.167 e. The second-order valence-electron chi connectivity index (χ2n) is 4.88. The van der Waals surface area contributed by atoms with Crippen molar-refractivity contribution in [3.63, 3.8) is 0 Å². The third-order valence-corrected chi connectivity index (χ3v) is 3.70. The first-order valence-electron chi connectivity index (χ1n) is 6.71. The molecular formula is C14H30O2. The molecule has 0 heterocycles. The van der Waals surface area contributed by atoms with Crippen LogP contribution in [0.3, 0.4) is 0 Å². The second kappa shape index (κ2) is 9.00. The van der Waals surface area contributed by atoms with Gasteiger partial charge in [-0.3, -0.25) is 0 Å². The average molecular weight is 230 g/mol. The highest BCUT2D eigenvalue weighted by Crippen LogP contribution is 2.26. The molecule has 0 bridgehead atoms. The van der Waals surface area contributed by atoms with Crippen molar-refractivity contribution in [2.75, 3.05) is 14.2 Å². The molecule has 0 aliphatic rings. The quantitative estimate of drug-likeness (QED) is 0.409. The maximum atomic E-state index is 5.42. The molecule has 0 radical (unpaired) electrons. The van der Waals surface area contributed by atoms with E-state index in [0.29, 0.717) is 5.92 Å². The molecule has 16 heavy (non-hydrogen) atoms. The third kappa shape index (κ3) is 5.86. The summed E-state index contributed by atoms with van der Waals surface area (Å²) in [4.78, 5) is 0. The Morgan fingerprint density at radius 1 is 0.938 bits per heavy atom. The van der Waals surface area contributed by atoms with E-state index < -0.39 is 5.79 Å². The summed E-state index contributed by atoms with van der Waals surface area (Å²) in [6.07, 6.45) is 9.27. The number of unbranched alkanes of at least 4 members (excludes halogenated alkanes) is 5. The molecule has 0 aromatic carbocycles. The normalized spacial score (nSPS) is 14.1. The van der Waals surface area contributed by atoms with E-state index in [-0.39, 0.29) is 0 Å². The molecule has 0 aromatic rings. The summed E-state index contributed by atoms with van der Waals surface area (Å²) >= 11 is 0. The lowest BCUT2D eigenvalue weighted by atomic mass is 9.94. The lowest BCUT2D eigenvalue weighted by Crippen LogP contribution is -2.37. The van der Waals surface area contributed by atoms with E-state index in [1.165, 1.54) is 44.9 Å². The topological polar surface area (TPSA) is 18.5 Å².